The molecule has 0 saturated heterocycles. The smallest absolute Gasteiger partial charge is 0.263 e. The van der Waals surface area contributed by atoms with Crippen molar-refractivity contribution in [3.63, 3.8) is 0 Å². The first-order valence-corrected chi connectivity index (χ1v) is 5.96. The molecule has 4 heteroatoms. The van der Waals surface area contributed by atoms with Crippen molar-refractivity contribution in [3.05, 3.63) is 53.1 Å². The minimum Gasteiger partial charge on any atom is -0.330 e. The number of rotatable bonds is 3. The quantitative estimate of drug-likeness (QED) is 0.892. The van der Waals surface area contributed by atoms with Gasteiger partial charge < -0.3 is 5.73 Å². The molecular formula is C14H17N3O. The number of nitrogens with zero attached hydrogens (tertiary/aromatic N) is 2. The van der Waals surface area contributed by atoms with Crippen molar-refractivity contribution in [2.75, 3.05) is 6.54 Å². The number of benzene rings is 1. The van der Waals surface area contributed by atoms with Gasteiger partial charge in [-0.1, -0.05) is 17.7 Å². The fourth-order valence-corrected chi connectivity index (χ4v) is 1.94. The lowest BCUT2D eigenvalue weighted by Gasteiger charge is -2.05. The summed E-state index contributed by atoms with van der Waals surface area (Å²) in [6.45, 7) is 4.49. The zero-order valence-corrected chi connectivity index (χ0v) is 10.7. The summed E-state index contributed by atoms with van der Waals surface area (Å²) < 4.78 is 1.52. The number of aryl methyl sites for hydroxylation is 2. The van der Waals surface area contributed by atoms with Crippen LogP contribution in [-0.2, 0) is 6.42 Å². The van der Waals surface area contributed by atoms with E-state index in [4.69, 9.17) is 5.73 Å². The average molecular weight is 243 g/mol. The van der Waals surface area contributed by atoms with E-state index in [-0.39, 0.29) is 5.91 Å². The number of nitrogens with two attached hydrogens (primary N) is 1. The predicted octanol–water partition coefficient (Wildman–Crippen LogP) is 1.69. The molecule has 0 aliphatic carbocycles. The summed E-state index contributed by atoms with van der Waals surface area (Å²) in [6, 6.07) is 5.80. The molecule has 0 aliphatic rings. The molecule has 0 unspecified atom stereocenters. The van der Waals surface area contributed by atoms with Crippen LogP contribution in [0.25, 0.3) is 0 Å². The van der Waals surface area contributed by atoms with Crippen LogP contribution in [0.5, 0.6) is 0 Å². The van der Waals surface area contributed by atoms with E-state index in [0.717, 1.165) is 16.8 Å². The van der Waals surface area contributed by atoms with E-state index in [1.54, 1.807) is 12.5 Å². The lowest BCUT2D eigenvalue weighted by atomic mass is 10.1. The molecule has 1 heterocycles. The van der Waals surface area contributed by atoms with Crippen molar-refractivity contribution in [3.8, 4) is 0 Å². The highest BCUT2D eigenvalue weighted by molar-refractivity contribution is 5.97. The SMILES string of the molecule is Cc1ccc(C(=O)n2cnc(CCN)c2)c(C)c1. The monoisotopic (exact) mass is 243 g/mol. The number of imidazole rings is 1. The lowest BCUT2D eigenvalue weighted by molar-refractivity contribution is 0.0959. The van der Waals surface area contributed by atoms with Crippen LogP contribution in [0.2, 0.25) is 0 Å². The van der Waals surface area contributed by atoms with Crippen molar-refractivity contribution >= 4 is 5.91 Å². The summed E-state index contributed by atoms with van der Waals surface area (Å²) >= 11 is 0. The third kappa shape index (κ3) is 2.49. The highest BCUT2D eigenvalue weighted by Crippen LogP contribution is 2.12. The summed E-state index contributed by atoms with van der Waals surface area (Å²) in [5, 5.41) is 0. The van der Waals surface area contributed by atoms with Gasteiger partial charge in [0.15, 0.2) is 0 Å². The van der Waals surface area contributed by atoms with E-state index in [9.17, 15) is 4.79 Å². The summed E-state index contributed by atoms with van der Waals surface area (Å²) in [5.74, 6) is -0.0525. The van der Waals surface area contributed by atoms with E-state index in [2.05, 4.69) is 4.98 Å². The summed E-state index contributed by atoms with van der Waals surface area (Å²) in [4.78, 5) is 16.4. The zero-order chi connectivity index (χ0) is 13.1. The Bertz CT molecular complexity index is 572. The zero-order valence-electron chi connectivity index (χ0n) is 10.7. The van der Waals surface area contributed by atoms with Crippen LogP contribution in [0, 0.1) is 13.8 Å². The van der Waals surface area contributed by atoms with Crippen molar-refractivity contribution in [1.29, 1.82) is 0 Å². The molecule has 0 fully saturated rings. The number of aromatic nitrogens is 2. The van der Waals surface area contributed by atoms with Gasteiger partial charge in [0.1, 0.15) is 6.33 Å². The van der Waals surface area contributed by atoms with Crippen LogP contribution < -0.4 is 5.73 Å². The molecule has 0 aliphatic heterocycles. The first kappa shape index (κ1) is 12.5. The predicted molar refractivity (Wildman–Crippen MR) is 70.6 cm³/mol. The second-order valence-electron chi connectivity index (χ2n) is 4.43. The van der Waals surface area contributed by atoms with Crippen LogP contribution in [0.1, 0.15) is 27.2 Å². The number of carbonyl (C=O) groups is 1. The third-order valence-electron chi connectivity index (χ3n) is 2.88. The van der Waals surface area contributed by atoms with Gasteiger partial charge in [-0.15, -0.1) is 0 Å². The van der Waals surface area contributed by atoms with Gasteiger partial charge in [0, 0.05) is 18.2 Å². The number of hydrogen-bond donors (Lipinski definition) is 1. The third-order valence-corrected chi connectivity index (χ3v) is 2.88. The molecule has 0 spiro atoms. The standard InChI is InChI=1S/C14H17N3O/c1-10-3-4-13(11(2)7-10)14(18)17-8-12(5-6-15)16-9-17/h3-4,7-9H,5-6,15H2,1-2H3. The topological polar surface area (TPSA) is 60.9 Å². The molecule has 18 heavy (non-hydrogen) atoms. The second kappa shape index (κ2) is 5.14. The normalized spacial score (nSPS) is 10.6. The van der Waals surface area contributed by atoms with Crippen LogP contribution in [0.3, 0.4) is 0 Å². The first-order valence-electron chi connectivity index (χ1n) is 5.96. The maximum atomic E-state index is 12.3. The highest BCUT2D eigenvalue weighted by Gasteiger charge is 2.11. The number of hydrogen-bond acceptors (Lipinski definition) is 3. The lowest BCUT2D eigenvalue weighted by Crippen LogP contribution is -2.11. The van der Waals surface area contributed by atoms with Crippen LogP contribution in [-0.4, -0.2) is 22.0 Å². The summed E-state index contributed by atoms with van der Waals surface area (Å²) in [7, 11) is 0. The minimum absolute atomic E-state index is 0.0525. The Morgan fingerprint density at radius 2 is 2.17 bits per heavy atom. The molecule has 0 atom stereocenters. The van der Waals surface area contributed by atoms with E-state index in [0.29, 0.717) is 18.5 Å². The Hall–Kier alpha value is -1.94. The average Bonchev–Trinajstić information content (AvgIpc) is 2.77. The van der Waals surface area contributed by atoms with Crippen molar-refractivity contribution in [1.82, 2.24) is 9.55 Å². The molecule has 4 nitrogen and oxygen atoms in total. The van der Waals surface area contributed by atoms with Crippen LogP contribution in [0.4, 0.5) is 0 Å². The van der Waals surface area contributed by atoms with E-state index in [1.807, 2.05) is 32.0 Å². The van der Waals surface area contributed by atoms with Gasteiger partial charge in [0.2, 0.25) is 0 Å². The molecule has 0 bridgehead atoms. The second-order valence-corrected chi connectivity index (χ2v) is 4.43. The van der Waals surface area contributed by atoms with E-state index in [1.165, 1.54) is 4.57 Å². The molecular weight excluding hydrogens is 226 g/mol. The van der Waals surface area contributed by atoms with Gasteiger partial charge in [-0.3, -0.25) is 9.36 Å². The fourth-order valence-electron chi connectivity index (χ4n) is 1.94. The minimum atomic E-state index is -0.0525. The Morgan fingerprint density at radius 3 is 2.83 bits per heavy atom. The molecule has 2 N–H and O–H groups in total. The van der Waals surface area contributed by atoms with Gasteiger partial charge in [0.05, 0.1) is 5.69 Å². The molecule has 1 aromatic heterocycles. The first-order chi connectivity index (χ1) is 8.61. The Labute approximate surface area is 106 Å². The van der Waals surface area contributed by atoms with Crippen LogP contribution in [0.15, 0.2) is 30.7 Å². The molecule has 0 saturated carbocycles. The molecule has 0 radical (unpaired) electrons. The van der Waals surface area contributed by atoms with Crippen molar-refractivity contribution < 1.29 is 4.79 Å². The van der Waals surface area contributed by atoms with Crippen LogP contribution >= 0.6 is 0 Å². The molecule has 2 rings (SSSR count). The van der Waals surface area contributed by atoms with E-state index < -0.39 is 0 Å². The van der Waals surface area contributed by atoms with E-state index >= 15 is 0 Å². The fraction of sp³-hybridized carbons (Fsp3) is 0.286. The molecule has 0 amide bonds. The molecule has 2 aromatic rings. The number of carbonyl (C=O) groups excluding carboxylic acids is 1. The van der Waals surface area contributed by atoms with Gasteiger partial charge in [-0.05, 0) is 32.0 Å². The Balaban J connectivity index is 2.29. The van der Waals surface area contributed by atoms with Gasteiger partial charge in [0.25, 0.3) is 5.91 Å². The van der Waals surface area contributed by atoms with Crippen molar-refractivity contribution in [2.45, 2.75) is 20.3 Å². The molecule has 94 valence electrons. The maximum absolute atomic E-state index is 12.3. The summed E-state index contributed by atoms with van der Waals surface area (Å²) in [6.07, 6.45) is 3.98. The van der Waals surface area contributed by atoms with Gasteiger partial charge in [-0.2, -0.15) is 0 Å². The Kier molecular flexibility index (Phi) is 3.58. The maximum Gasteiger partial charge on any atom is 0.263 e. The van der Waals surface area contributed by atoms with Gasteiger partial charge in [-0.25, -0.2) is 4.98 Å². The van der Waals surface area contributed by atoms with Gasteiger partial charge >= 0.3 is 0 Å². The summed E-state index contributed by atoms with van der Waals surface area (Å²) in [5.41, 5.74) is 9.14. The Morgan fingerprint density at radius 1 is 1.39 bits per heavy atom. The highest BCUT2D eigenvalue weighted by atomic mass is 16.2. The molecule has 1 aromatic carbocycles. The largest absolute Gasteiger partial charge is 0.330 e. The van der Waals surface area contributed by atoms with Crippen molar-refractivity contribution in [2.24, 2.45) is 5.73 Å².